The average molecular weight is 297 g/mol. The van der Waals surface area contributed by atoms with Gasteiger partial charge >= 0.3 is 0 Å². The predicted molar refractivity (Wildman–Crippen MR) is 73.2 cm³/mol. The number of aryl methyl sites for hydroxylation is 1. The van der Waals surface area contributed by atoms with Gasteiger partial charge in [-0.3, -0.25) is 4.79 Å². The third-order valence-electron chi connectivity index (χ3n) is 3.03. The molecular weight excluding hydrogens is 280 g/mol. The molecule has 1 unspecified atom stereocenters. The number of carbonyl (C=O) groups excluding carboxylic acids is 1. The van der Waals surface area contributed by atoms with Gasteiger partial charge in [0.25, 0.3) is 0 Å². The van der Waals surface area contributed by atoms with Crippen LogP contribution in [-0.4, -0.2) is 18.5 Å². The number of nitrogens with one attached hydrogen (secondary N) is 2. The number of anilines is 1. The Morgan fingerprint density at radius 2 is 2.29 bits per heavy atom. The van der Waals surface area contributed by atoms with Crippen LogP contribution in [0.4, 0.5) is 5.69 Å². The molecule has 2 rings (SSSR count). The highest BCUT2D eigenvalue weighted by atomic mass is 79.9. The highest BCUT2D eigenvalue weighted by Crippen LogP contribution is 2.22. The van der Waals surface area contributed by atoms with Gasteiger partial charge in [-0.05, 0) is 43.5 Å². The average Bonchev–Trinajstić information content (AvgIpc) is 2.47. The quantitative estimate of drug-likeness (QED) is 0.881. The molecule has 92 valence electrons. The second-order valence-electron chi connectivity index (χ2n) is 4.50. The standard InChI is InChI=1S/C13H17BrN2O/c1-9-7-10(14)4-5-12(9)16-11-3-2-6-15-13(17)8-11/h4-5,7,11,16H,2-3,6,8H2,1H3,(H,15,17). The minimum Gasteiger partial charge on any atom is -0.382 e. The Kier molecular flexibility index (Phi) is 4.05. The van der Waals surface area contributed by atoms with Gasteiger partial charge in [-0.1, -0.05) is 15.9 Å². The number of amides is 1. The summed E-state index contributed by atoms with van der Waals surface area (Å²) < 4.78 is 1.08. The van der Waals surface area contributed by atoms with Gasteiger partial charge in [0.05, 0.1) is 0 Å². The van der Waals surface area contributed by atoms with Crippen LogP contribution in [0.1, 0.15) is 24.8 Å². The molecule has 0 spiro atoms. The van der Waals surface area contributed by atoms with Crippen molar-refractivity contribution in [2.45, 2.75) is 32.2 Å². The number of halogens is 1. The third kappa shape index (κ3) is 3.46. The van der Waals surface area contributed by atoms with Gasteiger partial charge in [-0.25, -0.2) is 0 Å². The van der Waals surface area contributed by atoms with Crippen LogP contribution in [0.3, 0.4) is 0 Å². The molecule has 0 aromatic heterocycles. The van der Waals surface area contributed by atoms with Crippen molar-refractivity contribution in [3.05, 3.63) is 28.2 Å². The third-order valence-corrected chi connectivity index (χ3v) is 3.52. The molecule has 3 nitrogen and oxygen atoms in total. The molecule has 0 bridgehead atoms. The molecule has 0 saturated carbocycles. The first-order chi connectivity index (χ1) is 8.15. The summed E-state index contributed by atoms with van der Waals surface area (Å²) in [5, 5.41) is 6.36. The SMILES string of the molecule is Cc1cc(Br)ccc1NC1CCCNC(=O)C1. The van der Waals surface area contributed by atoms with Crippen LogP contribution < -0.4 is 10.6 Å². The molecule has 1 saturated heterocycles. The molecule has 1 atom stereocenters. The maximum absolute atomic E-state index is 11.5. The smallest absolute Gasteiger partial charge is 0.222 e. The summed E-state index contributed by atoms with van der Waals surface area (Å²) >= 11 is 3.45. The zero-order valence-corrected chi connectivity index (χ0v) is 11.5. The summed E-state index contributed by atoms with van der Waals surface area (Å²) in [6, 6.07) is 6.41. The van der Waals surface area contributed by atoms with Crippen LogP contribution in [0.15, 0.2) is 22.7 Å². The van der Waals surface area contributed by atoms with Crippen LogP contribution in [-0.2, 0) is 4.79 Å². The van der Waals surface area contributed by atoms with Crippen LogP contribution in [0.2, 0.25) is 0 Å². The van der Waals surface area contributed by atoms with E-state index in [0.717, 1.165) is 29.5 Å². The monoisotopic (exact) mass is 296 g/mol. The molecule has 0 aliphatic carbocycles. The van der Waals surface area contributed by atoms with Gasteiger partial charge in [0.15, 0.2) is 0 Å². The largest absolute Gasteiger partial charge is 0.382 e. The number of benzene rings is 1. The van der Waals surface area contributed by atoms with Gasteiger partial charge in [0, 0.05) is 29.2 Å². The lowest BCUT2D eigenvalue weighted by molar-refractivity contribution is -0.120. The maximum Gasteiger partial charge on any atom is 0.222 e. The van der Waals surface area contributed by atoms with Crippen LogP contribution in [0.5, 0.6) is 0 Å². The Morgan fingerprint density at radius 3 is 3.06 bits per heavy atom. The number of hydrogen-bond donors (Lipinski definition) is 2. The van der Waals surface area contributed by atoms with Gasteiger partial charge in [0.1, 0.15) is 0 Å². The van der Waals surface area contributed by atoms with Crippen LogP contribution in [0.25, 0.3) is 0 Å². The van der Waals surface area contributed by atoms with E-state index < -0.39 is 0 Å². The molecule has 1 aromatic rings. The summed E-state index contributed by atoms with van der Waals surface area (Å²) in [6.07, 6.45) is 2.64. The first-order valence-corrected chi connectivity index (χ1v) is 6.74. The zero-order chi connectivity index (χ0) is 12.3. The van der Waals surface area contributed by atoms with Gasteiger partial charge in [-0.15, -0.1) is 0 Å². The highest BCUT2D eigenvalue weighted by molar-refractivity contribution is 9.10. The van der Waals surface area contributed by atoms with E-state index >= 15 is 0 Å². The van der Waals surface area contributed by atoms with E-state index in [-0.39, 0.29) is 11.9 Å². The minimum atomic E-state index is 0.148. The topological polar surface area (TPSA) is 41.1 Å². The highest BCUT2D eigenvalue weighted by Gasteiger charge is 2.17. The van der Waals surface area contributed by atoms with Crippen molar-refractivity contribution in [2.24, 2.45) is 0 Å². The van der Waals surface area contributed by atoms with Gasteiger partial charge in [0.2, 0.25) is 5.91 Å². The molecule has 4 heteroatoms. The van der Waals surface area contributed by atoms with Crippen molar-refractivity contribution in [1.29, 1.82) is 0 Å². The molecule has 0 radical (unpaired) electrons. The van der Waals surface area contributed by atoms with Crippen molar-refractivity contribution < 1.29 is 4.79 Å². The molecular formula is C13H17BrN2O. The second kappa shape index (κ2) is 5.54. The maximum atomic E-state index is 11.5. The first-order valence-electron chi connectivity index (χ1n) is 5.94. The fourth-order valence-electron chi connectivity index (χ4n) is 2.11. The number of rotatable bonds is 2. The number of hydrogen-bond acceptors (Lipinski definition) is 2. The van der Waals surface area contributed by atoms with E-state index in [9.17, 15) is 4.79 Å². The Morgan fingerprint density at radius 1 is 1.47 bits per heavy atom. The lowest BCUT2D eigenvalue weighted by atomic mass is 10.1. The van der Waals surface area contributed by atoms with Crippen LogP contribution >= 0.6 is 15.9 Å². The summed E-state index contributed by atoms with van der Waals surface area (Å²) in [7, 11) is 0. The Bertz CT molecular complexity index is 420. The first kappa shape index (κ1) is 12.4. The predicted octanol–water partition coefficient (Wildman–Crippen LogP) is 2.84. The Labute approximate surface area is 110 Å². The fraction of sp³-hybridized carbons (Fsp3) is 0.462. The van der Waals surface area contributed by atoms with Crippen molar-refractivity contribution in [2.75, 3.05) is 11.9 Å². The lowest BCUT2D eigenvalue weighted by Gasteiger charge is -2.18. The minimum absolute atomic E-state index is 0.148. The van der Waals surface area contributed by atoms with Gasteiger partial charge < -0.3 is 10.6 Å². The zero-order valence-electron chi connectivity index (χ0n) is 9.92. The van der Waals surface area contributed by atoms with E-state index in [1.807, 2.05) is 6.07 Å². The summed E-state index contributed by atoms with van der Waals surface area (Å²) in [5.41, 5.74) is 2.32. The van der Waals surface area contributed by atoms with E-state index in [1.54, 1.807) is 0 Å². The molecule has 1 fully saturated rings. The van der Waals surface area contributed by atoms with Crippen molar-refractivity contribution in [3.63, 3.8) is 0 Å². The van der Waals surface area contributed by atoms with E-state index in [1.165, 1.54) is 5.56 Å². The molecule has 1 aliphatic heterocycles. The molecule has 1 aromatic carbocycles. The fourth-order valence-corrected chi connectivity index (χ4v) is 2.58. The summed E-state index contributed by atoms with van der Waals surface area (Å²) in [4.78, 5) is 11.5. The molecule has 1 heterocycles. The van der Waals surface area contributed by atoms with Crippen molar-refractivity contribution in [3.8, 4) is 0 Å². The molecule has 1 aliphatic rings. The molecule has 1 amide bonds. The van der Waals surface area contributed by atoms with Crippen LogP contribution in [0, 0.1) is 6.92 Å². The molecule has 17 heavy (non-hydrogen) atoms. The lowest BCUT2D eigenvalue weighted by Crippen LogP contribution is -2.27. The number of carbonyl (C=O) groups is 1. The normalized spacial score (nSPS) is 20.6. The second-order valence-corrected chi connectivity index (χ2v) is 5.41. The summed E-state index contributed by atoms with van der Waals surface area (Å²) in [5.74, 6) is 0.148. The molecule has 2 N–H and O–H groups in total. The Hall–Kier alpha value is -1.03. The van der Waals surface area contributed by atoms with E-state index in [0.29, 0.717) is 6.42 Å². The Balaban J connectivity index is 2.06. The van der Waals surface area contributed by atoms with Gasteiger partial charge in [-0.2, -0.15) is 0 Å². The summed E-state index contributed by atoms with van der Waals surface area (Å²) in [6.45, 7) is 2.88. The van der Waals surface area contributed by atoms with Crippen molar-refractivity contribution >= 4 is 27.5 Å². The van der Waals surface area contributed by atoms with E-state index in [2.05, 4.69) is 45.6 Å². The van der Waals surface area contributed by atoms with E-state index in [4.69, 9.17) is 0 Å². The van der Waals surface area contributed by atoms with Crippen molar-refractivity contribution in [1.82, 2.24) is 5.32 Å².